The van der Waals surface area contributed by atoms with Crippen molar-refractivity contribution in [3.05, 3.63) is 0 Å². The summed E-state index contributed by atoms with van der Waals surface area (Å²) in [6, 6.07) is 0. The highest BCUT2D eigenvalue weighted by Gasteiger charge is 2.61. The van der Waals surface area contributed by atoms with E-state index in [1.165, 1.54) is 6.92 Å². The Hall–Kier alpha value is -1.40. The molecule has 1 saturated heterocycles. The van der Waals surface area contributed by atoms with E-state index in [0.29, 0.717) is 24.9 Å². The minimum atomic E-state index is -2.55. The van der Waals surface area contributed by atoms with Crippen LogP contribution in [-0.4, -0.2) is 47.4 Å². The molecule has 2 unspecified atom stereocenters. The van der Waals surface area contributed by atoms with E-state index in [2.05, 4.69) is 5.16 Å². The molecule has 7 heteroatoms. The lowest BCUT2D eigenvalue weighted by molar-refractivity contribution is -0.111. The fourth-order valence-electron chi connectivity index (χ4n) is 3.38. The lowest BCUT2D eigenvalue weighted by Gasteiger charge is -2.26. The van der Waals surface area contributed by atoms with E-state index in [9.17, 15) is 13.6 Å². The number of ether oxygens (including phenoxy) is 1. The molecular weight excluding hydrogens is 294 g/mol. The summed E-state index contributed by atoms with van der Waals surface area (Å²) >= 11 is 0. The lowest BCUT2D eigenvalue weighted by Crippen LogP contribution is -2.38. The second kappa shape index (κ2) is 4.80. The normalized spacial score (nSPS) is 37.0. The molecule has 0 N–H and O–H groups in total. The van der Waals surface area contributed by atoms with E-state index < -0.39 is 17.6 Å². The first-order chi connectivity index (χ1) is 10.1. The van der Waals surface area contributed by atoms with Crippen LogP contribution in [0.3, 0.4) is 0 Å². The summed E-state index contributed by atoms with van der Waals surface area (Å²) in [6.45, 7) is 8.10. The first-order valence-corrected chi connectivity index (χ1v) is 7.62. The maximum absolute atomic E-state index is 12.9. The highest BCUT2D eigenvalue weighted by Crippen LogP contribution is 2.55. The summed E-state index contributed by atoms with van der Waals surface area (Å²) in [5.74, 6) is 0.782. The molecular formula is C15H22F2N2O3. The van der Waals surface area contributed by atoms with Crippen LogP contribution < -0.4 is 0 Å². The third-order valence-corrected chi connectivity index (χ3v) is 4.60. The monoisotopic (exact) mass is 316 g/mol. The van der Waals surface area contributed by atoms with Gasteiger partial charge in [0, 0.05) is 25.4 Å². The van der Waals surface area contributed by atoms with Gasteiger partial charge < -0.3 is 14.5 Å². The van der Waals surface area contributed by atoms with Crippen molar-refractivity contribution in [1.29, 1.82) is 0 Å². The summed E-state index contributed by atoms with van der Waals surface area (Å²) in [4.78, 5) is 18.6. The SMILES string of the molecule is CC(C)(C)OC(=O)N1C[C@@H]2C(C3=NOC(C)(C(F)F)C3)[C@@H]2C1. The number of hydrogen-bond donors (Lipinski definition) is 0. The summed E-state index contributed by atoms with van der Waals surface area (Å²) in [7, 11) is 0. The molecule has 1 amide bonds. The van der Waals surface area contributed by atoms with Crippen molar-refractivity contribution in [1.82, 2.24) is 4.90 Å². The fraction of sp³-hybridized carbons (Fsp3) is 0.867. The molecule has 3 rings (SSSR count). The third kappa shape index (κ3) is 2.65. The van der Waals surface area contributed by atoms with Gasteiger partial charge in [0.1, 0.15) is 5.60 Å². The van der Waals surface area contributed by atoms with Crippen molar-refractivity contribution in [2.24, 2.45) is 22.9 Å². The van der Waals surface area contributed by atoms with E-state index in [4.69, 9.17) is 9.57 Å². The van der Waals surface area contributed by atoms with Crippen molar-refractivity contribution < 1.29 is 23.1 Å². The van der Waals surface area contributed by atoms with Crippen molar-refractivity contribution in [2.75, 3.05) is 13.1 Å². The Labute approximate surface area is 128 Å². The molecule has 2 aliphatic heterocycles. The molecule has 0 spiro atoms. The third-order valence-electron chi connectivity index (χ3n) is 4.60. The number of carbonyl (C=O) groups excluding carboxylic acids is 1. The molecule has 0 aromatic carbocycles. The van der Waals surface area contributed by atoms with Crippen LogP contribution in [0.2, 0.25) is 0 Å². The molecule has 0 radical (unpaired) electrons. The van der Waals surface area contributed by atoms with Crippen molar-refractivity contribution in [3.8, 4) is 0 Å². The second-order valence-electron chi connectivity index (χ2n) is 7.70. The Balaban J connectivity index is 1.53. The summed E-state index contributed by atoms with van der Waals surface area (Å²) < 4.78 is 31.2. The Morgan fingerprint density at radius 1 is 1.41 bits per heavy atom. The number of carbonyl (C=O) groups is 1. The number of amides is 1. The molecule has 0 aromatic heterocycles. The number of rotatable bonds is 2. The molecule has 2 fully saturated rings. The standard InChI is InChI=1S/C15H22F2N2O3/c1-14(2,3)21-13(20)19-6-8-9(7-19)11(8)10-5-15(4,12(16)17)22-18-10/h8-9,11-12H,5-7H2,1-4H3/t8-,9+,11?,15?. The number of fused-ring (bicyclic) bond motifs is 1. The molecule has 1 saturated carbocycles. The van der Waals surface area contributed by atoms with E-state index in [1.807, 2.05) is 20.8 Å². The van der Waals surface area contributed by atoms with E-state index in [1.54, 1.807) is 4.90 Å². The first-order valence-electron chi connectivity index (χ1n) is 7.62. The van der Waals surface area contributed by atoms with Gasteiger partial charge in [-0.25, -0.2) is 13.6 Å². The molecule has 0 aromatic rings. The second-order valence-corrected chi connectivity index (χ2v) is 7.70. The minimum absolute atomic E-state index is 0.175. The van der Waals surface area contributed by atoms with Crippen molar-refractivity contribution in [3.63, 3.8) is 0 Å². The number of hydrogen-bond acceptors (Lipinski definition) is 4. The molecule has 22 heavy (non-hydrogen) atoms. The van der Waals surface area contributed by atoms with Crippen LogP contribution in [-0.2, 0) is 9.57 Å². The Kier molecular flexibility index (Phi) is 3.38. The number of alkyl halides is 2. The zero-order valence-corrected chi connectivity index (χ0v) is 13.3. The van der Waals surface area contributed by atoms with Gasteiger partial charge in [-0.1, -0.05) is 5.16 Å². The van der Waals surface area contributed by atoms with Gasteiger partial charge in [-0.2, -0.15) is 0 Å². The van der Waals surface area contributed by atoms with Crippen molar-refractivity contribution in [2.45, 2.75) is 51.7 Å². The van der Waals surface area contributed by atoms with Crippen LogP contribution in [0.1, 0.15) is 34.1 Å². The molecule has 0 bridgehead atoms. The molecule has 124 valence electrons. The maximum atomic E-state index is 12.9. The summed E-state index contributed by atoms with van der Waals surface area (Å²) in [5.41, 5.74) is -1.27. The summed E-state index contributed by atoms with van der Waals surface area (Å²) in [6.07, 6.45) is -2.68. The average Bonchev–Trinajstić information content (AvgIpc) is 2.76. The van der Waals surface area contributed by atoms with Crippen LogP contribution >= 0.6 is 0 Å². The molecule has 5 nitrogen and oxygen atoms in total. The topological polar surface area (TPSA) is 51.1 Å². The number of piperidine rings is 1. The van der Waals surface area contributed by atoms with Crippen LogP contribution in [0.4, 0.5) is 13.6 Å². The number of nitrogens with zero attached hydrogens (tertiary/aromatic N) is 2. The van der Waals surface area contributed by atoms with Crippen LogP contribution in [0.25, 0.3) is 0 Å². The van der Waals surface area contributed by atoms with Gasteiger partial charge >= 0.3 is 6.09 Å². The molecule has 1 aliphatic carbocycles. The van der Waals surface area contributed by atoms with E-state index in [0.717, 1.165) is 5.71 Å². The van der Waals surface area contributed by atoms with Gasteiger partial charge in [0.05, 0.1) is 5.71 Å². The summed E-state index contributed by atoms with van der Waals surface area (Å²) in [5, 5.41) is 3.89. The average molecular weight is 316 g/mol. The number of halogens is 2. The lowest BCUT2D eigenvalue weighted by atomic mass is 9.96. The molecule has 2 heterocycles. The minimum Gasteiger partial charge on any atom is -0.444 e. The van der Waals surface area contributed by atoms with Gasteiger partial charge in [0.15, 0.2) is 5.60 Å². The van der Waals surface area contributed by atoms with Crippen molar-refractivity contribution >= 4 is 11.8 Å². The van der Waals surface area contributed by atoms with E-state index in [-0.39, 0.29) is 18.4 Å². The van der Waals surface area contributed by atoms with Crippen LogP contribution in [0.5, 0.6) is 0 Å². The zero-order valence-electron chi connectivity index (χ0n) is 13.3. The molecule has 4 atom stereocenters. The van der Waals surface area contributed by atoms with Crippen LogP contribution in [0.15, 0.2) is 5.16 Å². The predicted molar refractivity (Wildman–Crippen MR) is 75.8 cm³/mol. The maximum Gasteiger partial charge on any atom is 0.410 e. The predicted octanol–water partition coefficient (Wildman–Crippen LogP) is 2.90. The zero-order chi connectivity index (χ0) is 16.3. The highest BCUT2D eigenvalue weighted by molar-refractivity contribution is 5.91. The Bertz CT molecular complexity index is 505. The van der Waals surface area contributed by atoms with Gasteiger partial charge in [-0.05, 0) is 39.5 Å². The van der Waals surface area contributed by atoms with Gasteiger partial charge in [-0.15, -0.1) is 0 Å². The largest absolute Gasteiger partial charge is 0.444 e. The van der Waals surface area contributed by atoms with Gasteiger partial charge in [0.2, 0.25) is 0 Å². The van der Waals surface area contributed by atoms with Gasteiger partial charge in [0.25, 0.3) is 6.43 Å². The highest BCUT2D eigenvalue weighted by atomic mass is 19.3. The molecule has 3 aliphatic rings. The van der Waals surface area contributed by atoms with E-state index >= 15 is 0 Å². The Morgan fingerprint density at radius 2 is 2.00 bits per heavy atom. The first kappa shape index (κ1) is 15.5. The number of likely N-dealkylation sites (tertiary alicyclic amines) is 1. The quantitative estimate of drug-likeness (QED) is 0.787. The van der Waals surface area contributed by atoms with Crippen LogP contribution in [0, 0.1) is 17.8 Å². The fourth-order valence-corrected chi connectivity index (χ4v) is 3.38. The van der Waals surface area contributed by atoms with Gasteiger partial charge in [-0.3, -0.25) is 0 Å². The Morgan fingerprint density at radius 3 is 2.45 bits per heavy atom. The smallest absolute Gasteiger partial charge is 0.410 e. The number of oxime groups is 1.